The first-order chi connectivity index (χ1) is 11.0. The van der Waals surface area contributed by atoms with Crippen LogP contribution in [0.4, 0.5) is 0 Å². The van der Waals surface area contributed by atoms with Crippen molar-refractivity contribution in [1.82, 2.24) is 0 Å². The Hall–Kier alpha value is -0.800. The van der Waals surface area contributed by atoms with Crippen molar-refractivity contribution in [2.24, 2.45) is 11.3 Å². The summed E-state index contributed by atoms with van der Waals surface area (Å²) in [6.45, 7) is 12.3. The molecule has 0 spiro atoms. The Bertz CT molecular complexity index is 443. The predicted octanol–water partition coefficient (Wildman–Crippen LogP) is 4.13. The molecule has 0 aromatic carbocycles. The summed E-state index contributed by atoms with van der Waals surface area (Å²) in [5.41, 5.74) is 0.545. The van der Waals surface area contributed by atoms with Gasteiger partial charge in [0.15, 0.2) is 5.76 Å². The van der Waals surface area contributed by atoms with Crippen LogP contribution in [0, 0.1) is 11.3 Å². The molecule has 1 aromatic heterocycles. The third-order valence-electron chi connectivity index (χ3n) is 5.64. The first-order valence-electron chi connectivity index (χ1n) is 9.45. The zero-order valence-electron chi connectivity index (χ0n) is 15.6. The van der Waals surface area contributed by atoms with Crippen LogP contribution in [0.5, 0.6) is 0 Å². The molecule has 2 atom stereocenters. The molecule has 2 N–H and O–H groups in total. The lowest BCUT2D eigenvalue weighted by Gasteiger charge is -2.46. The van der Waals surface area contributed by atoms with E-state index in [-0.39, 0.29) is 5.60 Å². The lowest BCUT2D eigenvalue weighted by atomic mass is 9.67. The summed E-state index contributed by atoms with van der Waals surface area (Å²) in [5.74, 6) is 1.86. The topological polar surface area (TPSA) is 39.0 Å². The lowest BCUT2D eigenvalue weighted by molar-refractivity contribution is -0.674. The molecule has 1 aliphatic heterocycles. The van der Waals surface area contributed by atoms with Gasteiger partial charge in [-0.05, 0) is 56.1 Å². The van der Waals surface area contributed by atoms with Gasteiger partial charge in [-0.25, -0.2) is 0 Å². The van der Waals surface area contributed by atoms with E-state index in [1.807, 2.05) is 6.07 Å². The highest BCUT2D eigenvalue weighted by Crippen LogP contribution is 2.46. The number of nitrogens with two attached hydrogens (primary N) is 1. The van der Waals surface area contributed by atoms with Gasteiger partial charge in [0.05, 0.1) is 18.4 Å². The molecule has 1 fully saturated rings. The molecule has 0 aliphatic carbocycles. The minimum absolute atomic E-state index is 0.0796. The number of ether oxygens (including phenoxy) is 1. The molecular weight excluding hydrogens is 286 g/mol. The molecular formula is C20H36NO2+. The van der Waals surface area contributed by atoms with E-state index in [0.29, 0.717) is 5.41 Å². The summed E-state index contributed by atoms with van der Waals surface area (Å²) in [7, 11) is 0. The van der Waals surface area contributed by atoms with E-state index < -0.39 is 0 Å². The number of furan rings is 1. The van der Waals surface area contributed by atoms with Crippen LogP contribution in [0.3, 0.4) is 0 Å². The predicted molar refractivity (Wildman–Crippen MR) is 94.2 cm³/mol. The van der Waals surface area contributed by atoms with Crippen molar-refractivity contribution >= 4 is 0 Å². The molecule has 1 aliphatic rings. The van der Waals surface area contributed by atoms with Crippen LogP contribution in [0.15, 0.2) is 22.8 Å². The molecule has 0 unspecified atom stereocenters. The van der Waals surface area contributed by atoms with Crippen molar-refractivity contribution in [1.29, 1.82) is 0 Å². The Kier molecular flexibility index (Phi) is 6.72. The maximum absolute atomic E-state index is 6.12. The van der Waals surface area contributed by atoms with Crippen molar-refractivity contribution in [3.63, 3.8) is 0 Å². The monoisotopic (exact) mass is 322 g/mol. The van der Waals surface area contributed by atoms with Crippen molar-refractivity contribution in [2.45, 2.75) is 78.4 Å². The maximum Gasteiger partial charge on any atom is 0.157 e. The highest BCUT2D eigenvalue weighted by atomic mass is 16.5. The van der Waals surface area contributed by atoms with E-state index in [1.54, 1.807) is 6.26 Å². The number of rotatable bonds is 9. The Labute approximate surface area is 142 Å². The molecule has 1 aromatic rings. The molecule has 2 heterocycles. The largest absolute Gasteiger partial charge is 0.463 e. The van der Waals surface area contributed by atoms with Crippen molar-refractivity contribution < 1.29 is 14.5 Å². The molecule has 0 radical (unpaired) electrons. The molecule has 132 valence electrons. The Morgan fingerprint density at radius 3 is 2.78 bits per heavy atom. The van der Waals surface area contributed by atoms with Crippen LogP contribution >= 0.6 is 0 Å². The molecule has 2 rings (SSSR count). The van der Waals surface area contributed by atoms with Crippen LogP contribution < -0.4 is 5.32 Å². The van der Waals surface area contributed by atoms with E-state index in [9.17, 15) is 0 Å². The Morgan fingerprint density at radius 2 is 2.13 bits per heavy atom. The second kappa shape index (κ2) is 8.34. The molecule has 3 heteroatoms. The summed E-state index contributed by atoms with van der Waals surface area (Å²) in [6.07, 6.45) is 9.29. The number of quaternary nitrogens is 1. The molecule has 3 nitrogen and oxygen atoms in total. The average Bonchev–Trinajstić information content (AvgIpc) is 3.03. The fourth-order valence-electron chi connectivity index (χ4n) is 3.90. The average molecular weight is 323 g/mol. The molecule has 1 saturated heterocycles. The van der Waals surface area contributed by atoms with Crippen LogP contribution in [-0.2, 0) is 11.3 Å². The third kappa shape index (κ3) is 5.65. The summed E-state index contributed by atoms with van der Waals surface area (Å²) in [6, 6.07) is 4.03. The smallest absolute Gasteiger partial charge is 0.157 e. The summed E-state index contributed by atoms with van der Waals surface area (Å²) in [4.78, 5) is 0. The van der Waals surface area contributed by atoms with Gasteiger partial charge in [-0.2, -0.15) is 0 Å². The minimum atomic E-state index is 0.0796. The zero-order chi connectivity index (χ0) is 16.8. The van der Waals surface area contributed by atoms with Gasteiger partial charge >= 0.3 is 0 Å². The van der Waals surface area contributed by atoms with Crippen LogP contribution in [-0.4, -0.2) is 18.8 Å². The van der Waals surface area contributed by atoms with Crippen molar-refractivity contribution in [3.8, 4) is 0 Å². The van der Waals surface area contributed by atoms with Crippen molar-refractivity contribution in [3.05, 3.63) is 24.2 Å². The van der Waals surface area contributed by atoms with E-state index in [0.717, 1.165) is 31.3 Å². The van der Waals surface area contributed by atoms with Gasteiger partial charge < -0.3 is 14.5 Å². The van der Waals surface area contributed by atoms with Gasteiger partial charge in [-0.3, -0.25) is 0 Å². The van der Waals surface area contributed by atoms with Crippen molar-refractivity contribution in [2.75, 3.05) is 13.2 Å². The van der Waals surface area contributed by atoms with Gasteiger partial charge in [0, 0.05) is 13.0 Å². The summed E-state index contributed by atoms with van der Waals surface area (Å²) >= 11 is 0. The van der Waals surface area contributed by atoms with Gasteiger partial charge in [-0.1, -0.05) is 27.2 Å². The molecule has 0 saturated carbocycles. The van der Waals surface area contributed by atoms with Crippen LogP contribution in [0.2, 0.25) is 0 Å². The highest BCUT2D eigenvalue weighted by Gasteiger charge is 2.42. The minimum Gasteiger partial charge on any atom is -0.463 e. The van der Waals surface area contributed by atoms with E-state index >= 15 is 0 Å². The lowest BCUT2D eigenvalue weighted by Crippen LogP contribution is -2.83. The maximum atomic E-state index is 6.12. The van der Waals surface area contributed by atoms with Crippen LogP contribution in [0.25, 0.3) is 0 Å². The number of hydrogen-bond donors (Lipinski definition) is 1. The van der Waals surface area contributed by atoms with E-state index in [2.05, 4.69) is 39.1 Å². The van der Waals surface area contributed by atoms with Crippen LogP contribution in [0.1, 0.15) is 72.0 Å². The number of hydrogen-bond acceptors (Lipinski definition) is 2. The SMILES string of the molecule is CC[C@]1(C)C[C@@](CC[NH2+]Cc2ccco2)(CCC(C)C)CCO1. The zero-order valence-corrected chi connectivity index (χ0v) is 15.6. The standard InChI is InChI=1S/C20H35NO2/c1-5-19(4)16-20(11-14-23-19,9-8-17(2)3)10-12-21-15-18-7-6-13-22-18/h6-7,13,17,21H,5,8-12,14-16H2,1-4H3/p+1/t19-,20-/m1/s1. The Balaban J connectivity index is 1.90. The summed E-state index contributed by atoms with van der Waals surface area (Å²) in [5, 5.41) is 2.40. The molecule has 0 bridgehead atoms. The van der Waals surface area contributed by atoms with E-state index in [1.165, 1.54) is 38.6 Å². The summed E-state index contributed by atoms with van der Waals surface area (Å²) < 4.78 is 11.5. The molecule has 23 heavy (non-hydrogen) atoms. The second-order valence-corrected chi connectivity index (χ2v) is 8.12. The fraction of sp³-hybridized carbons (Fsp3) is 0.800. The van der Waals surface area contributed by atoms with E-state index in [4.69, 9.17) is 9.15 Å². The van der Waals surface area contributed by atoms with Gasteiger partial charge in [0.25, 0.3) is 0 Å². The second-order valence-electron chi connectivity index (χ2n) is 8.12. The first-order valence-corrected chi connectivity index (χ1v) is 9.45. The van der Waals surface area contributed by atoms with Gasteiger partial charge in [0.2, 0.25) is 0 Å². The molecule has 0 amide bonds. The third-order valence-corrected chi connectivity index (χ3v) is 5.64. The highest BCUT2D eigenvalue weighted by molar-refractivity contribution is 4.95. The Morgan fingerprint density at radius 1 is 1.30 bits per heavy atom. The van der Waals surface area contributed by atoms with Gasteiger partial charge in [-0.15, -0.1) is 0 Å². The normalized spacial score (nSPS) is 28.4. The van der Waals surface area contributed by atoms with Gasteiger partial charge in [0.1, 0.15) is 6.54 Å². The fourth-order valence-corrected chi connectivity index (χ4v) is 3.90. The quantitative estimate of drug-likeness (QED) is 0.694. The first kappa shape index (κ1) is 18.5.